The van der Waals surface area contributed by atoms with Gasteiger partial charge in [-0.05, 0) is 69.9 Å². The highest BCUT2D eigenvalue weighted by atomic mass is 16.5. The lowest BCUT2D eigenvalue weighted by Gasteiger charge is -2.31. The maximum absolute atomic E-state index is 13.2. The molecule has 0 aromatic heterocycles. The Morgan fingerprint density at radius 1 is 1.00 bits per heavy atom. The fourth-order valence-electron chi connectivity index (χ4n) is 3.22. The molecule has 0 fully saturated rings. The zero-order valence-electron chi connectivity index (χ0n) is 19.0. The monoisotopic (exact) mass is 410 g/mol. The Hall–Kier alpha value is -2.82. The van der Waals surface area contributed by atoms with Gasteiger partial charge in [0.05, 0.1) is 0 Å². The first kappa shape index (κ1) is 23.5. The summed E-state index contributed by atoms with van der Waals surface area (Å²) in [7, 11) is 0. The second-order valence-electron chi connectivity index (χ2n) is 8.13. The molecule has 2 rings (SSSR count). The summed E-state index contributed by atoms with van der Waals surface area (Å²) in [5, 5.41) is 2.94. The van der Waals surface area contributed by atoms with Crippen molar-refractivity contribution in [3.05, 3.63) is 64.7 Å². The van der Waals surface area contributed by atoms with Crippen LogP contribution >= 0.6 is 0 Å². The summed E-state index contributed by atoms with van der Waals surface area (Å²) in [4.78, 5) is 27.6. The van der Waals surface area contributed by atoms with Crippen LogP contribution in [0.2, 0.25) is 0 Å². The van der Waals surface area contributed by atoms with E-state index in [0.29, 0.717) is 18.7 Å². The minimum atomic E-state index is -0.551. The van der Waals surface area contributed by atoms with Crippen LogP contribution in [0.5, 0.6) is 5.75 Å². The van der Waals surface area contributed by atoms with E-state index in [9.17, 15) is 9.59 Å². The Bertz CT molecular complexity index is 859. The van der Waals surface area contributed by atoms with Crippen molar-refractivity contribution in [3.63, 3.8) is 0 Å². The van der Waals surface area contributed by atoms with E-state index < -0.39 is 6.04 Å². The summed E-state index contributed by atoms with van der Waals surface area (Å²) in [5.41, 5.74) is 4.42. The van der Waals surface area contributed by atoms with E-state index >= 15 is 0 Å². The second-order valence-corrected chi connectivity index (χ2v) is 8.13. The highest BCUT2D eigenvalue weighted by Crippen LogP contribution is 2.18. The Kier molecular flexibility index (Phi) is 8.46. The van der Waals surface area contributed by atoms with Crippen LogP contribution in [0.3, 0.4) is 0 Å². The van der Waals surface area contributed by atoms with Crippen molar-refractivity contribution in [1.29, 1.82) is 0 Å². The number of aryl methyl sites for hydroxylation is 3. The van der Waals surface area contributed by atoms with Gasteiger partial charge in [0, 0.05) is 12.6 Å². The smallest absolute Gasteiger partial charge is 0.261 e. The van der Waals surface area contributed by atoms with Crippen LogP contribution in [-0.4, -0.2) is 35.4 Å². The van der Waals surface area contributed by atoms with Gasteiger partial charge in [0.1, 0.15) is 11.8 Å². The third-order valence-corrected chi connectivity index (χ3v) is 5.13. The highest BCUT2D eigenvalue weighted by Gasteiger charge is 2.29. The first-order valence-electron chi connectivity index (χ1n) is 10.6. The van der Waals surface area contributed by atoms with Crippen LogP contribution in [0.4, 0.5) is 0 Å². The summed E-state index contributed by atoms with van der Waals surface area (Å²) in [6, 6.07) is 13.2. The average Bonchev–Trinajstić information content (AvgIpc) is 2.69. The molecule has 0 bridgehead atoms. The topological polar surface area (TPSA) is 58.6 Å². The number of benzene rings is 2. The van der Waals surface area contributed by atoms with Crippen molar-refractivity contribution in [1.82, 2.24) is 10.2 Å². The van der Waals surface area contributed by atoms with Crippen LogP contribution in [0.25, 0.3) is 0 Å². The molecule has 30 heavy (non-hydrogen) atoms. The Morgan fingerprint density at radius 3 is 2.23 bits per heavy atom. The zero-order valence-corrected chi connectivity index (χ0v) is 19.0. The van der Waals surface area contributed by atoms with Gasteiger partial charge in [-0.25, -0.2) is 0 Å². The third-order valence-electron chi connectivity index (χ3n) is 5.13. The van der Waals surface area contributed by atoms with Crippen molar-refractivity contribution < 1.29 is 14.3 Å². The van der Waals surface area contributed by atoms with Gasteiger partial charge in [-0.2, -0.15) is 0 Å². The average molecular weight is 411 g/mol. The van der Waals surface area contributed by atoms with Crippen molar-refractivity contribution in [3.8, 4) is 5.75 Å². The lowest BCUT2D eigenvalue weighted by atomic mass is 10.1. The summed E-state index contributed by atoms with van der Waals surface area (Å²) in [5.74, 6) is 0.306. The predicted octanol–water partition coefficient (Wildman–Crippen LogP) is 4.32. The van der Waals surface area contributed by atoms with E-state index in [1.807, 2.05) is 84.0 Å². The molecule has 2 amide bonds. The number of rotatable bonds is 9. The molecule has 0 aliphatic heterocycles. The molecule has 1 N–H and O–H groups in total. The molecule has 0 saturated carbocycles. The summed E-state index contributed by atoms with van der Waals surface area (Å²) in [6.45, 7) is 12.1. The molecule has 5 heteroatoms. The molecular weight excluding hydrogens is 376 g/mol. The summed E-state index contributed by atoms with van der Waals surface area (Å²) >= 11 is 0. The SMILES string of the molecule is CC[C@H](C(=O)NC(C)C)N(Cc1ccc(C)cc1)C(=O)COc1ccc(C)c(C)c1. The number of hydrogen-bond donors (Lipinski definition) is 1. The molecule has 0 aliphatic carbocycles. The van der Waals surface area contributed by atoms with E-state index in [2.05, 4.69) is 5.32 Å². The minimum Gasteiger partial charge on any atom is -0.484 e. The molecule has 0 spiro atoms. The molecule has 0 saturated heterocycles. The van der Waals surface area contributed by atoms with Gasteiger partial charge in [0.15, 0.2) is 6.61 Å². The largest absolute Gasteiger partial charge is 0.484 e. The highest BCUT2D eigenvalue weighted by molar-refractivity contribution is 5.88. The lowest BCUT2D eigenvalue weighted by molar-refractivity contribution is -0.143. The maximum Gasteiger partial charge on any atom is 0.261 e. The van der Waals surface area contributed by atoms with Crippen molar-refractivity contribution >= 4 is 11.8 Å². The summed E-state index contributed by atoms with van der Waals surface area (Å²) in [6.07, 6.45) is 0.528. The fraction of sp³-hybridized carbons (Fsp3) is 0.440. The lowest BCUT2D eigenvalue weighted by Crippen LogP contribution is -2.51. The Labute approximate surface area is 180 Å². The van der Waals surface area contributed by atoms with Gasteiger partial charge in [0.25, 0.3) is 5.91 Å². The molecular formula is C25H34N2O3. The number of carbonyl (C=O) groups is 2. The van der Waals surface area contributed by atoms with Crippen molar-refractivity contribution in [2.75, 3.05) is 6.61 Å². The first-order valence-corrected chi connectivity index (χ1v) is 10.6. The van der Waals surface area contributed by atoms with Gasteiger partial charge < -0.3 is 15.0 Å². The van der Waals surface area contributed by atoms with E-state index in [1.165, 1.54) is 5.56 Å². The van der Waals surface area contributed by atoms with E-state index in [-0.39, 0.29) is 24.5 Å². The third kappa shape index (κ3) is 6.61. The fourth-order valence-corrected chi connectivity index (χ4v) is 3.22. The number of nitrogens with zero attached hydrogens (tertiary/aromatic N) is 1. The summed E-state index contributed by atoms with van der Waals surface area (Å²) < 4.78 is 5.77. The van der Waals surface area contributed by atoms with Crippen molar-refractivity contribution in [2.45, 2.75) is 66.6 Å². The van der Waals surface area contributed by atoms with Crippen LogP contribution in [0.15, 0.2) is 42.5 Å². The number of hydrogen-bond acceptors (Lipinski definition) is 3. The second kappa shape index (κ2) is 10.8. The quantitative estimate of drug-likeness (QED) is 0.670. The molecule has 2 aromatic rings. The predicted molar refractivity (Wildman–Crippen MR) is 120 cm³/mol. The zero-order chi connectivity index (χ0) is 22.3. The maximum atomic E-state index is 13.2. The normalized spacial score (nSPS) is 11.8. The van der Waals surface area contributed by atoms with E-state index in [0.717, 1.165) is 16.7 Å². The molecule has 0 radical (unpaired) electrons. The molecule has 0 aliphatic rings. The number of carbonyl (C=O) groups excluding carboxylic acids is 2. The van der Waals surface area contributed by atoms with Crippen LogP contribution in [-0.2, 0) is 16.1 Å². The minimum absolute atomic E-state index is 0.00894. The molecule has 5 nitrogen and oxygen atoms in total. The van der Waals surface area contributed by atoms with Gasteiger partial charge in [-0.3, -0.25) is 9.59 Å². The standard InChI is InChI=1S/C25H34N2O3/c1-7-23(25(29)26-17(2)3)27(15-21-11-8-18(4)9-12-21)24(28)16-30-22-13-10-19(5)20(6)14-22/h8-14,17,23H,7,15-16H2,1-6H3,(H,26,29)/t23-/m1/s1. The molecule has 1 atom stereocenters. The first-order chi connectivity index (χ1) is 14.2. The van der Waals surface area contributed by atoms with Gasteiger partial charge in [-0.1, -0.05) is 42.8 Å². The van der Waals surface area contributed by atoms with Crippen LogP contribution in [0.1, 0.15) is 49.4 Å². The van der Waals surface area contributed by atoms with Gasteiger partial charge in [-0.15, -0.1) is 0 Å². The Balaban J connectivity index is 2.21. The number of amides is 2. The molecule has 162 valence electrons. The van der Waals surface area contributed by atoms with Crippen LogP contribution in [0, 0.1) is 20.8 Å². The number of nitrogens with one attached hydrogen (secondary N) is 1. The van der Waals surface area contributed by atoms with E-state index in [1.54, 1.807) is 4.90 Å². The van der Waals surface area contributed by atoms with Crippen molar-refractivity contribution in [2.24, 2.45) is 0 Å². The number of ether oxygens (including phenoxy) is 1. The molecule has 2 aromatic carbocycles. The van der Waals surface area contributed by atoms with Crippen LogP contribution < -0.4 is 10.1 Å². The van der Waals surface area contributed by atoms with Gasteiger partial charge in [0.2, 0.25) is 5.91 Å². The molecule has 0 unspecified atom stereocenters. The molecule has 0 heterocycles. The van der Waals surface area contributed by atoms with E-state index in [4.69, 9.17) is 4.74 Å². The van der Waals surface area contributed by atoms with Gasteiger partial charge >= 0.3 is 0 Å². The Morgan fingerprint density at radius 2 is 1.67 bits per heavy atom.